The Hall–Kier alpha value is -3.57. The molecule has 236 valence electrons. The normalized spacial score (nSPS) is 26.6. The molecule has 0 saturated carbocycles. The number of carbonyl (C=O) groups is 1. The standard InChI is InChI=1S/C35H42O9/c1-5-41-32-29(36)25(19-21-34(32,39)43-7-3)27(23-15-11-9-12-16-23)31(38)28(24-17-13-10-14-18-24)26-20-22-35(40,44-8-4)33(30(26)37)42-6-2/h9-22,27-28,32-33,36-37,39-40H,5-8H2,1-4H3. The van der Waals surface area contributed by atoms with E-state index in [0.29, 0.717) is 11.1 Å². The highest BCUT2D eigenvalue weighted by Crippen LogP contribution is 2.44. The van der Waals surface area contributed by atoms with Crippen LogP contribution in [0.2, 0.25) is 0 Å². The SMILES string of the molecule is CCOC1C(O)=C(C(C(=O)C(C2=C(O)C(OCC)C(O)(OCC)C=C2)c2ccccc2)c2ccccc2)C=CC1(O)OCC. The van der Waals surface area contributed by atoms with Gasteiger partial charge >= 0.3 is 0 Å². The molecule has 0 heterocycles. The topological polar surface area (TPSA) is 135 Å². The zero-order valence-electron chi connectivity index (χ0n) is 25.6. The van der Waals surface area contributed by atoms with Gasteiger partial charge in [-0.2, -0.15) is 0 Å². The summed E-state index contributed by atoms with van der Waals surface area (Å²) in [6.45, 7) is 7.51. The number of benzene rings is 2. The predicted molar refractivity (Wildman–Crippen MR) is 165 cm³/mol. The Kier molecular flexibility index (Phi) is 11.0. The van der Waals surface area contributed by atoms with Crippen LogP contribution in [0, 0.1) is 0 Å². The Morgan fingerprint density at radius 1 is 0.659 bits per heavy atom. The molecule has 9 heteroatoms. The third kappa shape index (κ3) is 6.58. The van der Waals surface area contributed by atoms with Gasteiger partial charge in [-0.25, -0.2) is 0 Å². The molecule has 0 radical (unpaired) electrons. The Morgan fingerprint density at radius 2 is 1.02 bits per heavy atom. The second kappa shape index (κ2) is 14.5. The molecule has 2 aromatic carbocycles. The van der Waals surface area contributed by atoms with E-state index in [-0.39, 0.29) is 54.9 Å². The molecule has 6 unspecified atom stereocenters. The lowest BCUT2D eigenvalue weighted by Crippen LogP contribution is -2.49. The molecule has 2 aliphatic rings. The Balaban J connectivity index is 1.93. The minimum atomic E-state index is -1.94. The van der Waals surface area contributed by atoms with Gasteiger partial charge in [0.2, 0.25) is 11.6 Å². The maximum absolute atomic E-state index is 15.0. The highest BCUT2D eigenvalue weighted by molar-refractivity contribution is 5.98. The number of hydrogen-bond acceptors (Lipinski definition) is 9. The van der Waals surface area contributed by atoms with Gasteiger partial charge in [0.1, 0.15) is 11.5 Å². The zero-order chi connectivity index (χ0) is 31.9. The molecule has 0 bridgehead atoms. The molecule has 4 rings (SSSR count). The number of aliphatic hydroxyl groups is 4. The van der Waals surface area contributed by atoms with E-state index in [1.165, 1.54) is 24.3 Å². The quantitative estimate of drug-likeness (QED) is 0.216. The first-order chi connectivity index (χ1) is 21.2. The molecule has 4 N–H and O–H groups in total. The molecule has 0 spiro atoms. The summed E-state index contributed by atoms with van der Waals surface area (Å²) in [5.41, 5.74) is 1.59. The Morgan fingerprint density at radius 3 is 1.34 bits per heavy atom. The Labute approximate surface area is 258 Å². The van der Waals surface area contributed by atoms with Crippen LogP contribution in [0.4, 0.5) is 0 Å². The van der Waals surface area contributed by atoms with Crippen molar-refractivity contribution in [3.63, 3.8) is 0 Å². The summed E-state index contributed by atoms with van der Waals surface area (Å²) in [5.74, 6) is -7.05. The van der Waals surface area contributed by atoms with Crippen molar-refractivity contribution < 1.29 is 44.2 Å². The third-order valence-corrected chi connectivity index (χ3v) is 7.72. The van der Waals surface area contributed by atoms with Crippen LogP contribution in [-0.2, 0) is 23.7 Å². The summed E-state index contributed by atoms with van der Waals surface area (Å²) >= 11 is 0. The van der Waals surface area contributed by atoms with Crippen molar-refractivity contribution in [3.8, 4) is 0 Å². The molecule has 0 saturated heterocycles. The van der Waals surface area contributed by atoms with Gasteiger partial charge in [-0.05, 0) is 51.0 Å². The van der Waals surface area contributed by atoms with Crippen molar-refractivity contribution in [2.75, 3.05) is 26.4 Å². The molecule has 0 amide bonds. The van der Waals surface area contributed by atoms with Gasteiger partial charge in [0.25, 0.3) is 0 Å². The van der Waals surface area contributed by atoms with Crippen LogP contribution in [0.5, 0.6) is 0 Å². The summed E-state index contributed by atoms with van der Waals surface area (Å²) in [6.07, 6.45) is 3.17. The number of ketones is 1. The number of ether oxygens (including phenoxy) is 4. The van der Waals surface area contributed by atoms with Crippen molar-refractivity contribution in [2.24, 2.45) is 0 Å². The number of hydrogen-bond donors (Lipinski definition) is 4. The smallest absolute Gasteiger partial charge is 0.220 e. The van der Waals surface area contributed by atoms with E-state index in [2.05, 4.69) is 0 Å². The first kappa shape index (κ1) is 33.3. The van der Waals surface area contributed by atoms with Crippen LogP contribution in [-0.4, -0.2) is 76.4 Å². The molecule has 0 aliphatic heterocycles. The van der Waals surface area contributed by atoms with Crippen molar-refractivity contribution in [1.82, 2.24) is 0 Å². The summed E-state index contributed by atoms with van der Waals surface area (Å²) < 4.78 is 22.7. The Bertz CT molecular complexity index is 1290. The first-order valence-corrected chi connectivity index (χ1v) is 15.0. The highest BCUT2D eigenvalue weighted by Gasteiger charge is 2.48. The third-order valence-electron chi connectivity index (χ3n) is 7.72. The van der Waals surface area contributed by atoms with Gasteiger partial charge in [-0.3, -0.25) is 4.79 Å². The van der Waals surface area contributed by atoms with Crippen molar-refractivity contribution in [3.05, 3.63) is 119 Å². The fraction of sp³-hybridized carbons (Fsp3) is 0.400. The molecular formula is C35H42O9. The monoisotopic (exact) mass is 606 g/mol. The van der Waals surface area contributed by atoms with Gasteiger partial charge in [-0.1, -0.05) is 72.8 Å². The lowest BCUT2D eigenvalue weighted by atomic mass is 9.73. The summed E-state index contributed by atoms with van der Waals surface area (Å²) in [7, 11) is 0. The number of rotatable bonds is 14. The van der Waals surface area contributed by atoms with E-state index in [0.717, 1.165) is 0 Å². The molecule has 6 atom stereocenters. The van der Waals surface area contributed by atoms with Crippen LogP contribution in [0.25, 0.3) is 0 Å². The summed E-state index contributed by atoms with van der Waals surface area (Å²) in [4.78, 5) is 15.0. The highest BCUT2D eigenvalue weighted by atomic mass is 16.7. The van der Waals surface area contributed by atoms with Gasteiger partial charge in [0, 0.05) is 37.6 Å². The van der Waals surface area contributed by atoms with Crippen molar-refractivity contribution >= 4 is 5.78 Å². The minimum absolute atomic E-state index is 0.152. The fourth-order valence-electron chi connectivity index (χ4n) is 5.84. The molecular weight excluding hydrogens is 564 g/mol. The number of carbonyl (C=O) groups excluding carboxylic acids is 1. The number of allylic oxidation sites excluding steroid dienone is 4. The average Bonchev–Trinajstić information content (AvgIpc) is 3.01. The number of aliphatic hydroxyl groups excluding tert-OH is 2. The van der Waals surface area contributed by atoms with E-state index in [1.807, 2.05) is 12.1 Å². The largest absolute Gasteiger partial charge is 0.509 e. The first-order valence-electron chi connectivity index (χ1n) is 15.0. The van der Waals surface area contributed by atoms with Crippen LogP contribution in [0.15, 0.2) is 108 Å². The average molecular weight is 607 g/mol. The molecule has 2 aliphatic carbocycles. The van der Waals surface area contributed by atoms with E-state index >= 15 is 4.79 Å². The van der Waals surface area contributed by atoms with Crippen LogP contribution in [0.3, 0.4) is 0 Å². The molecule has 44 heavy (non-hydrogen) atoms. The number of Topliss-reactive ketones (excluding diaryl/α,β-unsaturated/α-hetero) is 1. The second-order valence-electron chi connectivity index (χ2n) is 10.5. The summed E-state index contributed by atoms with van der Waals surface area (Å²) in [5, 5.41) is 45.7. The van der Waals surface area contributed by atoms with Gasteiger partial charge in [-0.15, -0.1) is 0 Å². The van der Waals surface area contributed by atoms with Gasteiger partial charge < -0.3 is 39.4 Å². The van der Waals surface area contributed by atoms with Crippen molar-refractivity contribution in [1.29, 1.82) is 0 Å². The predicted octanol–water partition coefficient (Wildman–Crippen LogP) is 5.15. The lowest BCUT2D eigenvalue weighted by molar-refractivity contribution is -0.231. The van der Waals surface area contributed by atoms with E-state index < -0.39 is 35.6 Å². The molecule has 2 aromatic rings. The maximum Gasteiger partial charge on any atom is 0.220 e. The molecule has 0 fully saturated rings. The van der Waals surface area contributed by atoms with Gasteiger partial charge in [0.05, 0.1) is 11.8 Å². The van der Waals surface area contributed by atoms with E-state index in [9.17, 15) is 20.4 Å². The van der Waals surface area contributed by atoms with Crippen LogP contribution >= 0.6 is 0 Å². The lowest BCUT2D eigenvalue weighted by Gasteiger charge is -2.38. The molecule has 9 nitrogen and oxygen atoms in total. The van der Waals surface area contributed by atoms with Gasteiger partial charge in [0.15, 0.2) is 18.0 Å². The molecule has 0 aromatic heterocycles. The van der Waals surface area contributed by atoms with E-state index in [1.54, 1.807) is 76.2 Å². The summed E-state index contributed by atoms with van der Waals surface area (Å²) in [6, 6.07) is 17.9. The maximum atomic E-state index is 15.0. The van der Waals surface area contributed by atoms with Crippen LogP contribution < -0.4 is 0 Å². The minimum Gasteiger partial charge on any atom is -0.509 e. The zero-order valence-corrected chi connectivity index (χ0v) is 25.6. The fourth-order valence-corrected chi connectivity index (χ4v) is 5.84. The van der Waals surface area contributed by atoms with Crippen molar-refractivity contribution in [2.45, 2.75) is 63.3 Å². The second-order valence-corrected chi connectivity index (χ2v) is 10.5. The van der Waals surface area contributed by atoms with E-state index in [4.69, 9.17) is 18.9 Å². The van der Waals surface area contributed by atoms with Crippen LogP contribution in [0.1, 0.15) is 50.7 Å².